The van der Waals surface area contributed by atoms with Crippen molar-refractivity contribution in [3.8, 4) is 0 Å². The highest BCUT2D eigenvalue weighted by Gasteiger charge is 2.17. The highest BCUT2D eigenvalue weighted by molar-refractivity contribution is 7.16. The highest BCUT2D eigenvalue weighted by Crippen LogP contribution is 2.30. The first-order valence-electron chi connectivity index (χ1n) is 5.45. The fourth-order valence-electron chi connectivity index (χ4n) is 1.86. The normalized spacial score (nSPS) is 12.9. The molecular formula is C12H15ClN2S2. The molecule has 0 spiro atoms. The molecule has 1 unspecified atom stereocenters. The van der Waals surface area contributed by atoms with Crippen LogP contribution < -0.4 is 5.32 Å². The quantitative estimate of drug-likeness (QED) is 0.920. The van der Waals surface area contributed by atoms with E-state index in [0.29, 0.717) is 6.04 Å². The number of hydrogen-bond donors (Lipinski definition) is 1. The molecule has 5 heteroatoms. The Bertz CT molecular complexity index is 504. The van der Waals surface area contributed by atoms with Crippen LogP contribution in [-0.2, 0) is 6.42 Å². The van der Waals surface area contributed by atoms with Crippen LogP contribution in [0.1, 0.15) is 26.5 Å². The summed E-state index contributed by atoms with van der Waals surface area (Å²) in [4.78, 5) is 7.12. The van der Waals surface area contributed by atoms with E-state index >= 15 is 0 Å². The van der Waals surface area contributed by atoms with Gasteiger partial charge in [-0.2, -0.15) is 0 Å². The van der Waals surface area contributed by atoms with Gasteiger partial charge in [0.05, 0.1) is 15.0 Å². The van der Waals surface area contributed by atoms with Crippen LogP contribution in [0.4, 0.5) is 0 Å². The Morgan fingerprint density at radius 3 is 2.59 bits per heavy atom. The molecule has 0 radical (unpaired) electrons. The molecule has 0 aliphatic carbocycles. The van der Waals surface area contributed by atoms with Crippen molar-refractivity contribution in [1.82, 2.24) is 10.3 Å². The molecule has 0 aliphatic rings. The molecular weight excluding hydrogens is 272 g/mol. The van der Waals surface area contributed by atoms with E-state index < -0.39 is 0 Å². The number of halogens is 1. The summed E-state index contributed by atoms with van der Waals surface area (Å²) in [6.45, 7) is 4.13. The molecule has 2 nitrogen and oxygen atoms in total. The standard InChI is InChI=1S/C12H15ClN2S2/c1-7-12(16-8(2)15-7)10(14-3)6-9-4-5-11(13)17-9/h4-5,10,14H,6H2,1-3H3. The molecule has 0 fully saturated rings. The predicted octanol–water partition coefficient (Wildman–Crippen LogP) is 3.98. The Morgan fingerprint density at radius 2 is 2.12 bits per heavy atom. The molecule has 2 heterocycles. The molecule has 1 atom stereocenters. The van der Waals surface area contributed by atoms with Crippen molar-refractivity contribution in [1.29, 1.82) is 0 Å². The molecule has 0 aromatic carbocycles. The number of thiophene rings is 1. The van der Waals surface area contributed by atoms with E-state index in [4.69, 9.17) is 11.6 Å². The lowest BCUT2D eigenvalue weighted by Crippen LogP contribution is -2.18. The molecule has 0 bridgehead atoms. The van der Waals surface area contributed by atoms with E-state index in [-0.39, 0.29) is 0 Å². The third-order valence-corrected chi connectivity index (χ3v) is 5.08. The maximum atomic E-state index is 5.96. The SMILES string of the molecule is CNC(Cc1ccc(Cl)s1)c1sc(C)nc1C. The van der Waals surface area contributed by atoms with Gasteiger partial charge in [0.25, 0.3) is 0 Å². The van der Waals surface area contributed by atoms with Gasteiger partial charge in [-0.1, -0.05) is 11.6 Å². The van der Waals surface area contributed by atoms with Crippen LogP contribution in [0.15, 0.2) is 12.1 Å². The molecule has 2 rings (SSSR count). The summed E-state index contributed by atoms with van der Waals surface area (Å²) < 4.78 is 0.854. The fourth-order valence-corrected chi connectivity index (χ4v) is 4.03. The van der Waals surface area contributed by atoms with Crippen molar-refractivity contribution in [2.45, 2.75) is 26.3 Å². The van der Waals surface area contributed by atoms with Gasteiger partial charge in [-0.3, -0.25) is 0 Å². The van der Waals surface area contributed by atoms with Crippen molar-refractivity contribution < 1.29 is 0 Å². The third kappa shape index (κ3) is 3.07. The minimum atomic E-state index is 0.330. The molecule has 0 saturated carbocycles. The number of rotatable bonds is 4. The molecule has 92 valence electrons. The van der Waals surface area contributed by atoms with Crippen LogP contribution in [0.25, 0.3) is 0 Å². The van der Waals surface area contributed by atoms with E-state index in [1.54, 1.807) is 22.7 Å². The predicted molar refractivity (Wildman–Crippen MR) is 76.4 cm³/mol. The number of nitrogens with zero attached hydrogens (tertiary/aromatic N) is 1. The topological polar surface area (TPSA) is 24.9 Å². The van der Waals surface area contributed by atoms with Gasteiger partial charge >= 0.3 is 0 Å². The summed E-state index contributed by atoms with van der Waals surface area (Å²) in [6, 6.07) is 4.38. The minimum absolute atomic E-state index is 0.330. The molecule has 0 aliphatic heterocycles. The zero-order chi connectivity index (χ0) is 12.4. The maximum absolute atomic E-state index is 5.96. The third-order valence-electron chi connectivity index (χ3n) is 2.64. The molecule has 0 amide bonds. The van der Waals surface area contributed by atoms with E-state index in [9.17, 15) is 0 Å². The Balaban J connectivity index is 2.19. The van der Waals surface area contributed by atoms with Gasteiger partial charge < -0.3 is 5.32 Å². The second-order valence-corrected chi connectivity index (χ2v) is 6.97. The summed E-state index contributed by atoms with van der Waals surface area (Å²) in [7, 11) is 1.99. The van der Waals surface area contributed by atoms with E-state index in [1.165, 1.54) is 9.75 Å². The average molecular weight is 287 g/mol. The zero-order valence-corrected chi connectivity index (χ0v) is 12.5. The largest absolute Gasteiger partial charge is 0.312 e. The molecule has 2 aromatic heterocycles. The molecule has 0 saturated heterocycles. The highest BCUT2D eigenvalue weighted by atomic mass is 35.5. The number of hydrogen-bond acceptors (Lipinski definition) is 4. The minimum Gasteiger partial charge on any atom is -0.312 e. The Kier molecular flexibility index (Phi) is 4.20. The Labute approximate surface area is 115 Å². The summed E-state index contributed by atoms with van der Waals surface area (Å²) in [5.41, 5.74) is 1.13. The lowest BCUT2D eigenvalue weighted by molar-refractivity contribution is 0.602. The fraction of sp³-hybridized carbons (Fsp3) is 0.417. The Hall–Kier alpha value is -0.420. The summed E-state index contributed by atoms with van der Waals surface area (Å²) >= 11 is 9.38. The van der Waals surface area contributed by atoms with Gasteiger partial charge in [0.1, 0.15) is 0 Å². The smallest absolute Gasteiger partial charge is 0.0931 e. The molecule has 2 aromatic rings. The first-order valence-corrected chi connectivity index (χ1v) is 7.46. The van der Waals surface area contributed by atoms with E-state index in [1.807, 2.05) is 13.1 Å². The van der Waals surface area contributed by atoms with E-state index in [2.05, 4.69) is 30.2 Å². The van der Waals surface area contributed by atoms with Gasteiger partial charge in [-0.15, -0.1) is 22.7 Å². The maximum Gasteiger partial charge on any atom is 0.0931 e. The zero-order valence-electron chi connectivity index (χ0n) is 10.1. The van der Waals surface area contributed by atoms with Gasteiger partial charge in [-0.05, 0) is 33.0 Å². The first-order chi connectivity index (χ1) is 8.10. The molecule has 17 heavy (non-hydrogen) atoms. The second kappa shape index (κ2) is 5.48. The number of nitrogens with one attached hydrogen (secondary N) is 1. The van der Waals surface area contributed by atoms with Gasteiger partial charge in [0.2, 0.25) is 0 Å². The van der Waals surface area contributed by atoms with Crippen molar-refractivity contribution in [2.24, 2.45) is 0 Å². The van der Waals surface area contributed by atoms with Crippen molar-refractivity contribution in [3.05, 3.63) is 36.9 Å². The second-order valence-electron chi connectivity index (χ2n) is 3.93. The summed E-state index contributed by atoms with van der Waals surface area (Å²) in [5.74, 6) is 0. The number of thiazole rings is 1. The number of likely N-dealkylation sites (N-methyl/N-ethyl adjacent to an activating group) is 1. The van der Waals surface area contributed by atoms with Crippen LogP contribution >= 0.6 is 34.3 Å². The number of aryl methyl sites for hydroxylation is 2. The molecule has 1 N–H and O–H groups in total. The van der Waals surface area contributed by atoms with Crippen LogP contribution in [0.3, 0.4) is 0 Å². The number of aromatic nitrogens is 1. The van der Waals surface area contributed by atoms with Gasteiger partial charge in [0, 0.05) is 22.2 Å². The van der Waals surface area contributed by atoms with E-state index in [0.717, 1.165) is 21.5 Å². The Morgan fingerprint density at radius 1 is 1.35 bits per heavy atom. The van der Waals surface area contributed by atoms with Crippen molar-refractivity contribution in [3.63, 3.8) is 0 Å². The summed E-state index contributed by atoms with van der Waals surface area (Å²) in [6.07, 6.45) is 0.969. The van der Waals surface area contributed by atoms with Crippen LogP contribution in [0.2, 0.25) is 4.34 Å². The van der Waals surface area contributed by atoms with Crippen LogP contribution in [0.5, 0.6) is 0 Å². The van der Waals surface area contributed by atoms with Crippen LogP contribution in [0, 0.1) is 13.8 Å². The van der Waals surface area contributed by atoms with Crippen molar-refractivity contribution in [2.75, 3.05) is 7.05 Å². The van der Waals surface area contributed by atoms with Crippen molar-refractivity contribution >= 4 is 34.3 Å². The lowest BCUT2D eigenvalue weighted by atomic mass is 10.1. The summed E-state index contributed by atoms with van der Waals surface area (Å²) in [5, 5.41) is 4.49. The van der Waals surface area contributed by atoms with Gasteiger partial charge in [0.15, 0.2) is 0 Å². The lowest BCUT2D eigenvalue weighted by Gasteiger charge is -2.13. The van der Waals surface area contributed by atoms with Crippen LogP contribution in [-0.4, -0.2) is 12.0 Å². The average Bonchev–Trinajstić information content (AvgIpc) is 2.82. The van der Waals surface area contributed by atoms with Gasteiger partial charge in [-0.25, -0.2) is 4.98 Å². The first kappa shape index (κ1) is 13.0. The monoisotopic (exact) mass is 286 g/mol.